The highest BCUT2D eigenvalue weighted by atomic mass is 15.1. The standard InChI is InChI=1S/C16H22N4/c1-4-20(12-14-7-5-6-10-18-14)15-8-9-16(19-11-15)13(2)17-3/h5-11,13,17H,4,12H2,1-3H3. The first kappa shape index (κ1) is 14.5. The molecule has 4 nitrogen and oxygen atoms in total. The van der Waals surface area contributed by atoms with Crippen LogP contribution in [-0.4, -0.2) is 23.6 Å². The van der Waals surface area contributed by atoms with E-state index in [9.17, 15) is 0 Å². The SMILES string of the molecule is CCN(Cc1ccccn1)c1ccc(C(C)NC)nc1. The van der Waals surface area contributed by atoms with Crippen LogP contribution in [-0.2, 0) is 6.54 Å². The van der Waals surface area contributed by atoms with Crippen LogP contribution in [0.5, 0.6) is 0 Å². The van der Waals surface area contributed by atoms with E-state index in [0.29, 0.717) is 0 Å². The molecule has 0 aliphatic rings. The quantitative estimate of drug-likeness (QED) is 0.876. The molecule has 1 N–H and O–H groups in total. The molecule has 1 unspecified atom stereocenters. The second kappa shape index (κ2) is 7.01. The fourth-order valence-electron chi connectivity index (χ4n) is 2.06. The van der Waals surface area contributed by atoms with Crippen LogP contribution < -0.4 is 10.2 Å². The predicted octanol–water partition coefficient (Wildman–Crippen LogP) is 2.78. The Hall–Kier alpha value is -1.94. The van der Waals surface area contributed by atoms with Crippen molar-refractivity contribution in [1.29, 1.82) is 0 Å². The summed E-state index contributed by atoms with van der Waals surface area (Å²) in [5.74, 6) is 0. The summed E-state index contributed by atoms with van der Waals surface area (Å²) in [7, 11) is 1.94. The van der Waals surface area contributed by atoms with E-state index in [0.717, 1.165) is 30.2 Å². The molecule has 2 aromatic heterocycles. The first-order chi connectivity index (χ1) is 9.74. The third kappa shape index (κ3) is 3.54. The number of nitrogens with zero attached hydrogens (tertiary/aromatic N) is 3. The molecule has 0 amide bonds. The molecule has 2 heterocycles. The van der Waals surface area contributed by atoms with Crippen molar-refractivity contribution >= 4 is 5.69 Å². The van der Waals surface area contributed by atoms with Crippen LogP contribution in [0.25, 0.3) is 0 Å². The molecule has 0 aliphatic carbocycles. The van der Waals surface area contributed by atoms with Crippen molar-refractivity contribution in [3.8, 4) is 0 Å². The van der Waals surface area contributed by atoms with Gasteiger partial charge in [-0.05, 0) is 45.2 Å². The fourth-order valence-corrected chi connectivity index (χ4v) is 2.06. The Morgan fingerprint density at radius 3 is 2.60 bits per heavy atom. The largest absolute Gasteiger partial charge is 0.365 e. The average molecular weight is 270 g/mol. The average Bonchev–Trinajstić information content (AvgIpc) is 2.53. The van der Waals surface area contributed by atoms with Crippen molar-refractivity contribution in [2.45, 2.75) is 26.4 Å². The van der Waals surface area contributed by atoms with Crippen LogP contribution >= 0.6 is 0 Å². The molecule has 0 saturated carbocycles. The van der Waals surface area contributed by atoms with E-state index < -0.39 is 0 Å². The molecule has 0 fully saturated rings. The zero-order valence-corrected chi connectivity index (χ0v) is 12.4. The second-order valence-electron chi connectivity index (χ2n) is 4.79. The van der Waals surface area contributed by atoms with Gasteiger partial charge in [-0.3, -0.25) is 9.97 Å². The van der Waals surface area contributed by atoms with E-state index in [4.69, 9.17) is 0 Å². The minimum atomic E-state index is 0.273. The Kier molecular flexibility index (Phi) is 5.07. The van der Waals surface area contributed by atoms with Crippen molar-refractivity contribution in [2.75, 3.05) is 18.5 Å². The van der Waals surface area contributed by atoms with Crippen molar-refractivity contribution in [2.24, 2.45) is 0 Å². The highest BCUT2D eigenvalue weighted by molar-refractivity contribution is 5.45. The molecule has 0 aliphatic heterocycles. The van der Waals surface area contributed by atoms with Crippen LogP contribution in [0, 0.1) is 0 Å². The van der Waals surface area contributed by atoms with Gasteiger partial charge in [0.15, 0.2) is 0 Å². The summed E-state index contributed by atoms with van der Waals surface area (Å²) in [4.78, 5) is 11.2. The van der Waals surface area contributed by atoms with Crippen LogP contribution in [0.4, 0.5) is 5.69 Å². The zero-order chi connectivity index (χ0) is 14.4. The summed E-state index contributed by atoms with van der Waals surface area (Å²) in [6.07, 6.45) is 3.77. The highest BCUT2D eigenvalue weighted by Gasteiger charge is 2.08. The minimum absolute atomic E-state index is 0.273. The van der Waals surface area contributed by atoms with E-state index in [-0.39, 0.29) is 6.04 Å². The Morgan fingerprint density at radius 1 is 1.20 bits per heavy atom. The summed E-state index contributed by atoms with van der Waals surface area (Å²) in [6, 6.07) is 10.5. The number of hydrogen-bond donors (Lipinski definition) is 1. The lowest BCUT2D eigenvalue weighted by Crippen LogP contribution is -2.23. The summed E-state index contributed by atoms with van der Waals surface area (Å²) in [5, 5.41) is 3.20. The van der Waals surface area contributed by atoms with Crippen LogP contribution in [0.3, 0.4) is 0 Å². The summed E-state index contributed by atoms with van der Waals surface area (Å²) in [5.41, 5.74) is 3.26. The molecular formula is C16H22N4. The maximum atomic E-state index is 4.54. The number of hydrogen-bond acceptors (Lipinski definition) is 4. The molecule has 106 valence electrons. The first-order valence-electron chi connectivity index (χ1n) is 7.02. The van der Waals surface area contributed by atoms with Crippen molar-refractivity contribution in [3.05, 3.63) is 54.1 Å². The maximum absolute atomic E-state index is 4.54. The van der Waals surface area contributed by atoms with Gasteiger partial charge < -0.3 is 10.2 Å². The molecule has 2 rings (SSSR count). The van der Waals surface area contributed by atoms with E-state index in [1.54, 1.807) is 0 Å². The van der Waals surface area contributed by atoms with Crippen molar-refractivity contribution in [3.63, 3.8) is 0 Å². The van der Waals surface area contributed by atoms with Gasteiger partial charge in [-0.2, -0.15) is 0 Å². The van der Waals surface area contributed by atoms with E-state index in [2.05, 4.69) is 46.2 Å². The number of rotatable bonds is 6. The lowest BCUT2D eigenvalue weighted by Gasteiger charge is -2.23. The lowest BCUT2D eigenvalue weighted by atomic mass is 10.2. The van der Waals surface area contributed by atoms with Crippen molar-refractivity contribution in [1.82, 2.24) is 15.3 Å². The zero-order valence-electron chi connectivity index (χ0n) is 12.4. The summed E-state index contributed by atoms with van der Waals surface area (Å²) < 4.78 is 0. The number of anilines is 1. The smallest absolute Gasteiger partial charge is 0.0602 e. The molecular weight excluding hydrogens is 248 g/mol. The Labute approximate surface area is 120 Å². The van der Waals surface area contributed by atoms with Gasteiger partial charge in [0.2, 0.25) is 0 Å². The van der Waals surface area contributed by atoms with Gasteiger partial charge in [0, 0.05) is 18.8 Å². The van der Waals surface area contributed by atoms with Gasteiger partial charge >= 0.3 is 0 Å². The molecule has 1 atom stereocenters. The third-order valence-corrected chi connectivity index (χ3v) is 3.47. The highest BCUT2D eigenvalue weighted by Crippen LogP contribution is 2.17. The second-order valence-corrected chi connectivity index (χ2v) is 4.79. The van der Waals surface area contributed by atoms with Gasteiger partial charge in [0.05, 0.1) is 29.8 Å². The Balaban J connectivity index is 2.11. The molecule has 2 aromatic rings. The molecule has 0 radical (unpaired) electrons. The number of nitrogens with one attached hydrogen (secondary N) is 1. The Morgan fingerprint density at radius 2 is 2.05 bits per heavy atom. The normalized spacial score (nSPS) is 12.2. The van der Waals surface area contributed by atoms with E-state index in [1.807, 2.05) is 37.6 Å². The molecule has 4 heteroatoms. The van der Waals surface area contributed by atoms with Crippen LogP contribution in [0.1, 0.15) is 31.3 Å². The number of aromatic nitrogens is 2. The van der Waals surface area contributed by atoms with Crippen LogP contribution in [0.2, 0.25) is 0 Å². The van der Waals surface area contributed by atoms with E-state index in [1.165, 1.54) is 0 Å². The van der Waals surface area contributed by atoms with Crippen molar-refractivity contribution < 1.29 is 0 Å². The molecule has 0 saturated heterocycles. The molecule has 0 aromatic carbocycles. The summed E-state index contributed by atoms with van der Waals surface area (Å²) >= 11 is 0. The fraction of sp³-hybridized carbons (Fsp3) is 0.375. The van der Waals surface area contributed by atoms with Gasteiger partial charge in [-0.1, -0.05) is 6.07 Å². The lowest BCUT2D eigenvalue weighted by molar-refractivity contribution is 0.632. The Bertz CT molecular complexity index is 510. The van der Waals surface area contributed by atoms with Crippen LogP contribution in [0.15, 0.2) is 42.7 Å². The van der Waals surface area contributed by atoms with Gasteiger partial charge in [0.25, 0.3) is 0 Å². The van der Waals surface area contributed by atoms with Gasteiger partial charge in [0.1, 0.15) is 0 Å². The topological polar surface area (TPSA) is 41.1 Å². The number of pyridine rings is 2. The molecule has 0 spiro atoms. The molecule has 20 heavy (non-hydrogen) atoms. The maximum Gasteiger partial charge on any atom is 0.0602 e. The third-order valence-electron chi connectivity index (χ3n) is 3.47. The summed E-state index contributed by atoms with van der Waals surface area (Å²) in [6.45, 7) is 5.99. The van der Waals surface area contributed by atoms with Gasteiger partial charge in [-0.25, -0.2) is 0 Å². The predicted molar refractivity (Wildman–Crippen MR) is 82.7 cm³/mol. The van der Waals surface area contributed by atoms with Gasteiger partial charge in [-0.15, -0.1) is 0 Å². The first-order valence-corrected chi connectivity index (χ1v) is 7.02. The molecule has 0 bridgehead atoms. The van der Waals surface area contributed by atoms with E-state index >= 15 is 0 Å². The minimum Gasteiger partial charge on any atom is -0.365 e. The monoisotopic (exact) mass is 270 g/mol.